The predicted molar refractivity (Wildman–Crippen MR) is 102 cm³/mol. The molecule has 0 heterocycles. The maximum Gasteiger partial charge on any atom is 0.231 e. The lowest BCUT2D eigenvalue weighted by Gasteiger charge is -2.18. The minimum absolute atomic E-state index is 0.116. The maximum atomic E-state index is 12.7. The minimum atomic E-state index is -0.373. The van der Waals surface area contributed by atoms with Crippen LogP contribution in [0, 0.1) is 0 Å². The summed E-state index contributed by atoms with van der Waals surface area (Å²) in [5.41, 5.74) is 2.82. The molecule has 1 unspecified atom stereocenters. The molecule has 2 rings (SSSR count). The van der Waals surface area contributed by atoms with Crippen molar-refractivity contribution < 1.29 is 9.59 Å². The second-order valence-electron chi connectivity index (χ2n) is 5.50. The second kappa shape index (κ2) is 9.88. The van der Waals surface area contributed by atoms with Gasteiger partial charge in [-0.2, -0.15) is 0 Å². The van der Waals surface area contributed by atoms with E-state index in [1.54, 1.807) is 12.3 Å². The van der Waals surface area contributed by atoms with Gasteiger partial charge >= 0.3 is 0 Å². The maximum absolute atomic E-state index is 12.7. The molecule has 0 saturated heterocycles. The lowest BCUT2D eigenvalue weighted by atomic mass is 9.90. The number of rotatable bonds is 9. The first-order valence-corrected chi connectivity index (χ1v) is 8.16. The summed E-state index contributed by atoms with van der Waals surface area (Å²) < 4.78 is 0. The number of carbonyl (C=O) groups is 2. The molecule has 0 aromatic heterocycles. The summed E-state index contributed by atoms with van der Waals surface area (Å²) in [5, 5.41) is 5.46. The molecular weight excluding hydrogens is 312 g/mol. The van der Waals surface area contributed by atoms with E-state index in [2.05, 4.69) is 17.2 Å². The van der Waals surface area contributed by atoms with Crippen molar-refractivity contribution in [2.24, 2.45) is 0 Å². The van der Waals surface area contributed by atoms with Crippen molar-refractivity contribution in [1.29, 1.82) is 0 Å². The Morgan fingerprint density at radius 2 is 1.80 bits per heavy atom. The largest absolute Gasteiger partial charge is 0.359 e. The number of hydrogen-bond donors (Lipinski definition) is 2. The molecule has 2 aromatic rings. The van der Waals surface area contributed by atoms with Crippen LogP contribution in [0.3, 0.4) is 0 Å². The van der Waals surface area contributed by atoms with E-state index in [4.69, 9.17) is 0 Å². The van der Waals surface area contributed by atoms with Crippen molar-refractivity contribution in [1.82, 2.24) is 10.6 Å². The molecule has 1 atom stereocenters. The van der Waals surface area contributed by atoms with Gasteiger partial charge in [-0.05, 0) is 29.2 Å². The molecule has 0 fully saturated rings. The van der Waals surface area contributed by atoms with Gasteiger partial charge in [0.05, 0.1) is 5.92 Å². The van der Waals surface area contributed by atoms with Crippen LogP contribution in [0.1, 0.15) is 29.0 Å². The Balaban J connectivity index is 2.13. The van der Waals surface area contributed by atoms with Gasteiger partial charge in [0.1, 0.15) is 0 Å². The summed E-state index contributed by atoms with van der Waals surface area (Å²) in [6.45, 7) is 4.24. The highest BCUT2D eigenvalue weighted by atomic mass is 16.2. The van der Waals surface area contributed by atoms with Crippen LogP contribution in [0.25, 0.3) is 12.2 Å². The second-order valence-corrected chi connectivity index (χ2v) is 5.50. The summed E-state index contributed by atoms with van der Waals surface area (Å²) >= 11 is 0. The number of hydrogen-bond acceptors (Lipinski definition) is 2. The molecule has 25 heavy (non-hydrogen) atoms. The zero-order valence-corrected chi connectivity index (χ0v) is 14.0. The predicted octanol–water partition coefficient (Wildman–Crippen LogP) is 3.34. The Kier molecular flexibility index (Phi) is 7.19. The molecular formula is C21H22N2O2. The Labute approximate surface area is 148 Å². The van der Waals surface area contributed by atoms with Crippen molar-refractivity contribution in [2.75, 3.05) is 6.54 Å². The molecule has 0 aliphatic rings. The van der Waals surface area contributed by atoms with Crippen LogP contribution in [-0.4, -0.2) is 18.9 Å². The van der Waals surface area contributed by atoms with Gasteiger partial charge in [-0.15, -0.1) is 0 Å². The fraction of sp³-hybridized carbons (Fsp3) is 0.143. The molecule has 4 nitrogen and oxygen atoms in total. The Bertz CT molecular complexity index is 739. The van der Waals surface area contributed by atoms with E-state index < -0.39 is 0 Å². The van der Waals surface area contributed by atoms with Gasteiger partial charge in [-0.25, -0.2) is 0 Å². The average Bonchev–Trinajstić information content (AvgIpc) is 2.66. The SMILES string of the molecule is C=Cc1ccccc1C(CCNC=O)C(=O)NC=Cc1ccccc1. The van der Waals surface area contributed by atoms with Gasteiger partial charge in [-0.1, -0.05) is 67.3 Å². The van der Waals surface area contributed by atoms with E-state index in [-0.39, 0.29) is 11.8 Å². The Morgan fingerprint density at radius 3 is 2.52 bits per heavy atom. The highest BCUT2D eigenvalue weighted by molar-refractivity contribution is 5.86. The third-order valence-corrected chi connectivity index (χ3v) is 3.87. The summed E-state index contributed by atoms with van der Waals surface area (Å²) in [5.74, 6) is -0.490. The van der Waals surface area contributed by atoms with Crippen LogP contribution in [0.15, 0.2) is 67.4 Å². The number of carbonyl (C=O) groups excluding carboxylic acids is 2. The third-order valence-electron chi connectivity index (χ3n) is 3.87. The van der Waals surface area contributed by atoms with Crippen LogP contribution >= 0.6 is 0 Å². The Morgan fingerprint density at radius 1 is 1.08 bits per heavy atom. The first kappa shape index (κ1) is 18.2. The smallest absolute Gasteiger partial charge is 0.231 e. The highest BCUT2D eigenvalue weighted by Crippen LogP contribution is 2.24. The number of benzene rings is 2. The van der Waals surface area contributed by atoms with Crippen LogP contribution in [-0.2, 0) is 9.59 Å². The first-order valence-electron chi connectivity index (χ1n) is 8.16. The van der Waals surface area contributed by atoms with Gasteiger partial charge in [0, 0.05) is 12.7 Å². The molecule has 0 radical (unpaired) electrons. The van der Waals surface area contributed by atoms with E-state index in [1.165, 1.54) is 0 Å². The van der Waals surface area contributed by atoms with E-state index in [0.717, 1.165) is 16.7 Å². The molecule has 2 amide bonds. The highest BCUT2D eigenvalue weighted by Gasteiger charge is 2.21. The van der Waals surface area contributed by atoms with Gasteiger partial charge in [0.15, 0.2) is 0 Å². The number of nitrogens with one attached hydrogen (secondary N) is 2. The lowest BCUT2D eigenvalue weighted by Crippen LogP contribution is -2.28. The fourth-order valence-electron chi connectivity index (χ4n) is 2.61. The minimum Gasteiger partial charge on any atom is -0.359 e. The summed E-state index contributed by atoms with van der Waals surface area (Å²) in [6, 6.07) is 17.4. The van der Waals surface area contributed by atoms with Gasteiger partial charge in [0.2, 0.25) is 12.3 Å². The zero-order chi connectivity index (χ0) is 17.9. The van der Waals surface area contributed by atoms with Crippen molar-refractivity contribution in [2.45, 2.75) is 12.3 Å². The lowest BCUT2D eigenvalue weighted by molar-refractivity contribution is -0.122. The summed E-state index contributed by atoms with van der Waals surface area (Å²) in [4.78, 5) is 23.2. The molecule has 0 spiro atoms. The van der Waals surface area contributed by atoms with Crippen molar-refractivity contribution >= 4 is 24.5 Å². The average molecular weight is 334 g/mol. The first-order chi connectivity index (χ1) is 12.3. The molecule has 2 N–H and O–H groups in total. The van der Waals surface area contributed by atoms with Crippen LogP contribution in [0.4, 0.5) is 0 Å². The van der Waals surface area contributed by atoms with E-state index in [0.29, 0.717) is 19.4 Å². The quantitative estimate of drug-likeness (QED) is 0.546. The summed E-state index contributed by atoms with van der Waals surface area (Å²) in [6.07, 6.45) is 6.38. The molecule has 0 bridgehead atoms. The third kappa shape index (κ3) is 5.46. The monoisotopic (exact) mass is 334 g/mol. The topological polar surface area (TPSA) is 58.2 Å². The van der Waals surface area contributed by atoms with Crippen molar-refractivity contribution in [3.63, 3.8) is 0 Å². The molecule has 0 aliphatic carbocycles. The van der Waals surface area contributed by atoms with Crippen molar-refractivity contribution in [3.05, 3.63) is 84.1 Å². The Hall–Kier alpha value is -3.14. The van der Waals surface area contributed by atoms with Crippen LogP contribution in [0.2, 0.25) is 0 Å². The van der Waals surface area contributed by atoms with Gasteiger partial charge < -0.3 is 10.6 Å². The molecule has 128 valence electrons. The standard InChI is InChI=1S/C21H22N2O2/c1-2-18-10-6-7-11-19(18)20(13-14-22-16-24)21(25)23-15-12-17-8-4-3-5-9-17/h2-12,15-16,20H,1,13-14H2,(H,22,24)(H,23,25). The number of amides is 2. The molecule has 0 aliphatic heterocycles. The van der Waals surface area contributed by atoms with Crippen LogP contribution in [0.5, 0.6) is 0 Å². The molecule has 0 saturated carbocycles. The van der Waals surface area contributed by atoms with E-state index >= 15 is 0 Å². The normalized spacial score (nSPS) is 11.7. The summed E-state index contributed by atoms with van der Waals surface area (Å²) in [7, 11) is 0. The molecule has 2 aromatic carbocycles. The van der Waals surface area contributed by atoms with Crippen LogP contribution < -0.4 is 10.6 Å². The van der Waals surface area contributed by atoms with Gasteiger partial charge in [-0.3, -0.25) is 9.59 Å². The van der Waals surface area contributed by atoms with Crippen molar-refractivity contribution in [3.8, 4) is 0 Å². The van der Waals surface area contributed by atoms with E-state index in [9.17, 15) is 9.59 Å². The van der Waals surface area contributed by atoms with E-state index in [1.807, 2.05) is 60.7 Å². The molecule has 4 heteroatoms. The van der Waals surface area contributed by atoms with Gasteiger partial charge in [0.25, 0.3) is 0 Å². The zero-order valence-electron chi connectivity index (χ0n) is 14.0. The fourth-order valence-corrected chi connectivity index (χ4v) is 2.61.